The Balaban J connectivity index is 2.64. The van der Waals surface area contributed by atoms with E-state index < -0.39 is 0 Å². The molecule has 0 aliphatic heterocycles. The number of nitrogens with two attached hydrogens (primary N) is 1. The molecule has 68 valence electrons. The fraction of sp³-hybridized carbons (Fsp3) is 0.556. The van der Waals surface area contributed by atoms with Crippen LogP contribution in [0.5, 0.6) is 0 Å². The van der Waals surface area contributed by atoms with E-state index in [0.717, 1.165) is 10.9 Å². The average Bonchev–Trinajstić information content (AvgIpc) is 2.32. The molecule has 0 fully saturated rings. The summed E-state index contributed by atoms with van der Waals surface area (Å²) in [4.78, 5) is 0. The molecule has 1 rings (SSSR count). The van der Waals surface area contributed by atoms with Gasteiger partial charge in [-0.25, -0.2) is 0 Å². The maximum Gasteiger partial charge on any atom is 0.161 e. The lowest BCUT2D eigenvalue weighted by Gasteiger charge is -2.14. The van der Waals surface area contributed by atoms with Gasteiger partial charge in [0, 0.05) is 4.75 Å². The van der Waals surface area contributed by atoms with Crippen molar-refractivity contribution >= 4 is 11.8 Å². The third-order valence-electron chi connectivity index (χ3n) is 1.24. The zero-order valence-electron chi connectivity index (χ0n) is 7.76. The monoisotopic (exact) mass is 185 g/mol. The van der Waals surface area contributed by atoms with E-state index in [1.165, 1.54) is 0 Å². The van der Waals surface area contributed by atoms with Crippen molar-refractivity contribution < 1.29 is 4.42 Å². The molecule has 0 unspecified atom stereocenters. The molecule has 0 saturated carbocycles. The molecule has 0 atom stereocenters. The Hall–Kier alpha value is -0.410. The van der Waals surface area contributed by atoms with Gasteiger partial charge in [-0.15, -0.1) is 0 Å². The summed E-state index contributed by atoms with van der Waals surface area (Å²) >= 11 is 1.71. The molecule has 1 aromatic heterocycles. The van der Waals surface area contributed by atoms with Crippen molar-refractivity contribution in [3.63, 3.8) is 0 Å². The van der Waals surface area contributed by atoms with Gasteiger partial charge in [-0.3, -0.25) is 0 Å². The van der Waals surface area contributed by atoms with Crippen molar-refractivity contribution in [3.05, 3.63) is 17.9 Å². The molecule has 0 aromatic carbocycles. The SMILES string of the molecule is CC(C)(C)Sc1ccc(CN)o1. The Morgan fingerprint density at radius 2 is 2.08 bits per heavy atom. The summed E-state index contributed by atoms with van der Waals surface area (Å²) in [6, 6.07) is 3.90. The van der Waals surface area contributed by atoms with Crippen LogP contribution in [0.1, 0.15) is 26.5 Å². The lowest BCUT2D eigenvalue weighted by Crippen LogP contribution is -2.05. The molecule has 0 saturated heterocycles. The summed E-state index contributed by atoms with van der Waals surface area (Å²) in [6.07, 6.45) is 0. The summed E-state index contributed by atoms with van der Waals surface area (Å²) in [5, 5.41) is 0.947. The standard InChI is InChI=1S/C9H15NOS/c1-9(2,3)12-8-5-4-7(6-10)11-8/h4-5H,6,10H2,1-3H3. The van der Waals surface area contributed by atoms with E-state index in [4.69, 9.17) is 10.2 Å². The van der Waals surface area contributed by atoms with Crippen molar-refractivity contribution in [1.29, 1.82) is 0 Å². The van der Waals surface area contributed by atoms with Crippen molar-refractivity contribution in [1.82, 2.24) is 0 Å². The first kappa shape index (κ1) is 9.68. The van der Waals surface area contributed by atoms with Crippen LogP contribution in [0.2, 0.25) is 0 Å². The number of hydrogen-bond donors (Lipinski definition) is 1. The average molecular weight is 185 g/mol. The van der Waals surface area contributed by atoms with Crippen molar-refractivity contribution in [2.75, 3.05) is 0 Å². The molecule has 1 aromatic rings. The normalized spacial score (nSPS) is 12.0. The second kappa shape index (κ2) is 3.54. The minimum absolute atomic E-state index is 0.198. The van der Waals surface area contributed by atoms with Crippen LogP contribution >= 0.6 is 11.8 Å². The first-order chi connectivity index (χ1) is 5.51. The Labute approximate surface area is 77.5 Å². The molecule has 0 bridgehead atoms. The van der Waals surface area contributed by atoms with E-state index in [9.17, 15) is 0 Å². The first-order valence-corrected chi connectivity index (χ1v) is 4.81. The fourth-order valence-corrected chi connectivity index (χ4v) is 1.71. The minimum atomic E-state index is 0.198. The van der Waals surface area contributed by atoms with Gasteiger partial charge in [-0.05, 0) is 12.1 Å². The second-order valence-electron chi connectivity index (χ2n) is 3.64. The number of hydrogen-bond acceptors (Lipinski definition) is 3. The van der Waals surface area contributed by atoms with Crippen LogP contribution in [-0.2, 0) is 6.54 Å². The fourth-order valence-electron chi connectivity index (χ4n) is 0.825. The minimum Gasteiger partial charge on any atom is -0.454 e. The number of thioether (sulfide) groups is 1. The predicted molar refractivity (Wildman–Crippen MR) is 52.2 cm³/mol. The summed E-state index contributed by atoms with van der Waals surface area (Å²) in [5.41, 5.74) is 5.42. The van der Waals surface area contributed by atoms with E-state index in [1.54, 1.807) is 11.8 Å². The molecule has 0 aliphatic carbocycles. The maximum absolute atomic E-state index is 5.45. The highest BCUT2D eigenvalue weighted by atomic mass is 32.2. The Morgan fingerprint density at radius 3 is 2.50 bits per heavy atom. The van der Waals surface area contributed by atoms with Crippen LogP contribution in [0.15, 0.2) is 21.6 Å². The van der Waals surface area contributed by atoms with Crippen molar-refractivity contribution in [3.8, 4) is 0 Å². The molecule has 3 heteroatoms. The zero-order chi connectivity index (χ0) is 9.19. The first-order valence-electron chi connectivity index (χ1n) is 3.99. The van der Waals surface area contributed by atoms with Crippen molar-refractivity contribution in [2.24, 2.45) is 5.73 Å². The summed E-state index contributed by atoms with van der Waals surface area (Å²) in [6.45, 7) is 6.94. The van der Waals surface area contributed by atoms with Gasteiger partial charge in [0.25, 0.3) is 0 Å². The molecule has 2 nitrogen and oxygen atoms in total. The van der Waals surface area contributed by atoms with Crippen LogP contribution in [0.4, 0.5) is 0 Å². The van der Waals surface area contributed by atoms with Gasteiger partial charge < -0.3 is 10.2 Å². The highest BCUT2D eigenvalue weighted by molar-refractivity contribution is 8.00. The van der Waals surface area contributed by atoms with Gasteiger partial charge in [-0.2, -0.15) is 0 Å². The largest absolute Gasteiger partial charge is 0.454 e. The lowest BCUT2D eigenvalue weighted by atomic mass is 10.3. The molecule has 0 spiro atoms. The molecular weight excluding hydrogens is 170 g/mol. The Bertz CT molecular complexity index is 249. The predicted octanol–water partition coefficient (Wildman–Crippen LogP) is 2.63. The van der Waals surface area contributed by atoms with Gasteiger partial charge in [0.2, 0.25) is 0 Å². The molecule has 0 aliphatic rings. The third kappa shape index (κ3) is 2.91. The molecule has 12 heavy (non-hydrogen) atoms. The van der Waals surface area contributed by atoms with Gasteiger partial charge >= 0.3 is 0 Å². The van der Waals surface area contributed by atoms with Crippen LogP contribution < -0.4 is 5.73 Å². The third-order valence-corrected chi connectivity index (χ3v) is 2.28. The summed E-state index contributed by atoms with van der Waals surface area (Å²) in [7, 11) is 0. The molecule has 0 amide bonds. The lowest BCUT2D eigenvalue weighted by molar-refractivity contribution is 0.431. The van der Waals surface area contributed by atoms with E-state index in [1.807, 2.05) is 12.1 Å². The van der Waals surface area contributed by atoms with Gasteiger partial charge in [-0.1, -0.05) is 32.5 Å². The highest BCUT2D eigenvalue weighted by Crippen LogP contribution is 2.32. The highest BCUT2D eigenvalue weighted by Gasteiger charge is 2.14. The molecular formula is C9H15NOS. The van der Waals surface area contributed by atoms with E-state index >= 15 is 0 Å². The van der Waals surface area contributed by atoms with Gasteiger partial charge in [0.05, 0.1) is 6.54 Å². The second-order valence-corrected chi connectivity index (χ2v) is 5.47. The molecule has 0 radical (unpaired) electrons. The smallest absolute Gasteiger partial charge is 0.161 e. The Kier molecular flexibility index (Phi) is 2.85. The van der Waals surface area contributed by atoms with Crippen molar-refractivity contribution in [2.45, 2.75) is 37.2 Å². The van der Waals surface area contributed by atoms with Gasteiger partial charge in [0.15, 0.2) is 5.09 Å². The van der Waals surface area contributed by atoms with E-state index in [0.29, 0.717) is 6.54 Å². The summed E-state index contributed by atoms with van der Waals surface area (Å²) in [5.74, 6) is 0.849. The van der Waals surface area contributed by atoms with Gasteiger partial charge in [0.1, 0.15) is 5.76 Å². The van der Waals surface area contributed by atoms with E-state index in [2.05, 4.69) is 20.8 Å². The van der Waals surface area contributed by atoms with Crippen LogP contribution in [0.25, 0.3) is 0 Å². The number of furan rings is 1. The maximum atomic E-state index is 5.45. The molecule has 1 heterocycles. The number of rotatable bonds is 2. The topological polar surface area (TPSA) is 39.2 Å². The van der Waals surface area contributed by atoms with E-state index in [-0.39, 0.29) is 4.75 Å². The molecule has 2 N–H and O–H groups in total. The van der Waals surface area contributed by atoms with Crippen LogP contribution in [-0.4, -0.2) is 4.75 Å². The Morgan fingerprint density at radius 1 is 1.42 bits per heavy atom. The summed E-state index contributed by atoms with van der Waals surface area (Å²) < 4.78 is 5.64. The zero-order valence-corrected chi connectivity index (χ0v) is 8.57. The van der Waals surface area contributed by atoms with Crippen LogP contribution in [0, 0.1) is 0 Å². The quantitative estimate of drug-likeness (QED) is 0.720. The van der Waals surface area contributed by atoms with Crippen LogP contribution in [0.3, 0.4) is 0 Å².